The number of hydrogen-bond acceptors (Lipinski definition) is 4. The van der Waals surface area contributed by atoms with Crippen LogP contribution in [0.5, 0.6) is 0 Å². The Balaban J connectivity index is 3.33. The van der Waals surface area contributed by atoms with Crippen LogP contribution in [0.1, 0.15) is 6.92 Å². The van der Waals surface area contributed by atoms with E-state index in [2.05, 4.69) is 15.6 Å². The number of carbonyl (C=O) groups excluding carboxylic acids is 1. The molecule has 0 aromatic carbocycles. The van der Waals surface area contributed by atoms with Crippen molar-refractivity contribution in [1.82, 2.24) is 10.6 Å². The van der Waals surface area contributed by atoms with Gasteiger partial charge in [-0.1, -0.05) is 0 Å². The molecule has 5 nitrogen and oxygen atoms in total. The summed E-state index contributed by atoms with van der Waals surface area (Å²) in [5.74, 6) is -0.524. The lowest BCUT2D eigenvalue weighted by atomic mass is 10.6. The third-order valence-electron chi connectivity index (χ3n) is 1.14. The average molecular weight is 158 g/mol. The molecule has 0 rings (SSSR count). The Morgan fingerprint density at radius 2 is 2.45 bits per heavy atom. The van der Waals surface area contributed by atoms with E-state index < -0.39 is 5.91 Å². The van der Waals surface area contributed by atoms with E-state index in [0.717, 1.165) is 6.21 Å². The van der Waals surface area contributed by atoms with Gasteiger partial charge < -0.3 is 11.1 Å². The Labute approximate surface area is 66.1 Å². The molecule has 0 heterocycles. The van der Waals surface area contributed by atoms with Gasteiger partial charge in [0.25, 0.3) is 5.91 Å². The van der Waals surface area contributed by atoms with Crippen molar-refractivity contribution in [3.63, 3.8) is 0 Å². The minimum atomic E-state index is -0.524. The van der Waals surface area contributed by atoms with Gasteiger partial charge in [0.15, 0.2) is 0 Å². The van der Waals surface area contributed by atoms with Gasteiger partial charge in [-0.2, -0.15) is 0 Å². The zero-order valence-electron chi connectivity index (χ0n) is 6.79. The standard InChI is InChI=1S/C6H14N4O/c1-5(8-2)10-4-9-3-6(7)11/h3,5,8,10H,4H2,1-2H3,(H2,7,11). The molecule has 4 N–H and O–H groups in total. The molecular formula is C6H14N4O. The Hall–Kier alpha value is -0.940. The molecule has 1 unspecified atom stereocenters. The smallest absolute Gasteiger partial charge is 0.259 e. The highest BCUT2D eigenvalue weighted by Crippen LogP contribution is 1.70. The van der Waals surface area contributed by atoms with Crippen LogP contribution in [0.25, 0.3) is 0 Å². The van der Waals surface area contributed by atoms with E-state index in [1.54, 1.807) is 0 Å². The Morgan fingerprint density at radius 1 is 1.82 bits per heavy atom. The maximum absolute atomic E-state index is 10.1. The van der Waals surface area contributed by atoms with Crippen molar-refractivity contribution >= 4 is 12.1 Å². The van der Waals surface area contributed by atoms with E-state index in [-0.39, 0.29) is 6.17 Å². The molecule has 0 aliphatic heterocycles. The van der Waals surface area contributed by atoms with Crippen molar-refractivity contribution in [2.24, 2.45) is 10.7 Å². The molecule has 0 saturated heterocycles. The van der Waals surface area contributed by atoms with Gasteiger partial charge in [-0.3, -0.25) is 15.1 Å². The molecule has 0 aliphatic rings. The minimum Gasteiger partial charge on any atom is -0.365 e. The van der Waals surface area contributed by atoms with E-state index in [9.17, 15) is 4.79 Å². The largest absolute Gasteiger partial charge is 0.365 e. The van der Waals surface area contributed by atoms with Crippen LogP contribution in [0.15, 0.2) is 4.99 Å². The number of amides is 1. The summed E-state index contributed by atoms with van der Waals surface area (Å²) in [7, 11) is 1.83. The zero-order valence-corrected chi connectivity index (χ0v) is 6.79. The number of nitrogens with two attached hydrogens (primary N) is 1. The predicted molar refractivity (Wildman–Crippen MR) is 44.2 cm³/mol. The first kappa shape index (κ1) is 10.1. The monoisotopic (exact) mass is 158 g/mol. The van der Waals surface area contributed by atoms with Crippen LogP contribution in [-0.4, -0.2) is 32.0 Å². The molecule has 11 heavy (non-hydrogen) atoms. The van der Waals surface area contributed by atoms with Gasteiger partial charge >= 0.3 is 0 Å². The highest BCUT2D eigenvalue weighted by Gasteiger charge is 1.91. The molecule has 0 spiro atoms. The van der Waals surface area contributed by atoms with Crippen molar-refractivity contribution < 1.29 is 4.79 Å². The van der Waals surface area contributed by atoms with Gasteiger partial charge in [-0.15, -0.1) is 0 Å². The molecule has 0 aromatic rings. The molecular weight excluding hydrogens is 144 g/mol. The molecule has 1 atom stereocenters. The quantitative estimate of drug-likeness (QED) is 0.342. The Kier molecular flexibility index (Phi) is 5.32. The molecule has 0 fully saturated rings. The summed E-state index contributed by atoms with van der Waals surface area (Å²) < 4.78 is 0. The first-order valence-electron chi connectivity index (χ1n) is 3.36. The van der Waals surface area contributed by atoms with Crippen molar-refractivity contribution in [3.05, 3.63) is 0 Å². The number of primary amides is 1. The lowest BCUT2D eigenvalue weighted by molar-refractivity contribution is -0.111. The van der Waals surface area contributed by atoms with Crippen LogP contribution in [0.3, 0.4) is 0 Å². The summed E-state index contributed by atoms with van der Waals surface area (Å²) in [4.78, 5) is 13.9. The summed E-state index contributed by atoms with van der Waals surface area (Å²) in [6.45, 7) is 2.34. The fourth-order valence-electron chi connectivity index (χ4n) is 0.427. The molecule has 5 heteroatoms. The van der Waals surface area contributed by atoms with Gasteiger partial charge in [0.2, 0.25) is 0 Å². The second-order valence-corrected chi connectivity index (χ2v) is 2.09. The van der Waals surface area contributed by atoms with E-state index in [4.69, 9.17) is 5.73 Å². The SMILES string of the molecule is CNC(C)NCN=CC(N)=O. The van der Waals surface area contributed by atoms with Crippen LogP contribution in [0.2, 0.25) is 0 Å². The Bertz CT molecular complexity index is 146. The molecule has 0 bridgehead atoms. The number of rotatable bonds is 5. The first-order valence-corrected chi connectivity index (χ1v) is 3.36. The van der Waals surface area contributed by atoms with E-state index in [1.807, 2.05) is 14.0 Å². The maximum Gasteiger partial charge on any atom is 0.259 e. The lowest BCUT2D eigenvalue weighted by Gasteiger charge is -2.08. The second-order valence-electron chi connectivity index (χ2n) is 2.09. The van der Waals surface area contributed by atoms with Gasteiger partial charge in [-0.25, -0.2) is 0 Å². The van der Waals surface area contributed by atoms with E-state index >= 15 is 0 Å². The van der Waals surface area contributed by atoms with Crippen molar-refractivity contribution in [1.29, 1.82) is 0 Å². The van der Waals surface area contributed by atoms with Crippen LogP contribution < -0.4 is 16.4 Å². The average Bonchev–Trinajstić information content (AvgIpc) is 1.97. The second kappa shape index (κ2) is 5.82. The molecule has 0 aromatic heterocycles. The molecule has 1 amide bonds. The highest BCUT2D eigenvalue weighted by molar-refractivity contribution is 6.25. The topological polar surface area (TPSA) is 79.5 Å². The minimum absolute atomic E-state index is 0.181. The molecule has 0 radical (unpaired) electrons. The molecule has 64 valence electrons. The fourth-order valence-corrected chi connectivity index (χ4v) is 0.427. The summed E-state index contributed by atoms with van der Waals surface area (Å²) in [6, 6.07) is 0. The van der Waals surface area contributed by atoms with Gasteiger partial charge in [0.1, 0.15) is 0 Å². The summed E-state index contributed by atoms with van der Waals surface area (Å²) in [5.41, 5.74) is 4.81. The highest BCUT2D eigenvalue weighted by atomic mass is 16.1. The van der Waals surface area contributed by atoms with Crippen molar-refractivity contribution in [3.8, 4) is 0 Å². The number of hydrogen-bond donors (Lipinski definition) is 3. The molecule has 0 saturated carbocycles. The van der Waals surface area contributed by atoms with E-state index in [0.29, 0.717) is 6.67 Å². The van der Waals surface area contributed by atoms with Crippen LogP contribution >= 0.6 is 0 Å². The predicted octanol–water partition coefficient (Wildman–Crippen LogP) is -1.34. The van der Waals surface area contributed by atoms with Crippen molar-refractivity contribution in [2.45, 2.75) is 13.1 Å². The zero-order chi connectivity index (χ0) is 8.69. The summed E-state index contributed by atoms with van der Waals surface area (Å²) in [5, 5.41) is 5.92. The number of nitrogens with one attached hydrogen (secondary N) is 2. The maximum atomic E-state index is 10.1. The summed E-state index contributed by atoms with van der Waals surface area (Å²) >= 11 is 0. The van der Waals surface area contributed by atoms with Crippen molar-refractivity contribution in [2.75, 3.05) is 13.7 Å². The van der Waals surface area contributed by atoms with Crippen LogP contribution in [0, 0.1) is 0 Å². The number of aliphatic imine (C=N–C) groups is 1. The summed E-state index contributed by atoms with van der Waals surface area (Å²) in [6.07, 6.45) is 1.27. The molecule has 0 aliphatic carbocycles. The number of carbonyl (C=O) groups is 1. The lowest BCUT2D eigenvalue weighted by Crippen LogP contribution is -2.37. The normalized spacial score (nSPS) is 13.6. The third kappa shape index (κ3) is 6.95. The first-order chi connectivity index (χ1) is 5.16. The van der Waals surface area contributed by atoms with Gasteiger partial charge in [-0.05, 0) is 14.0 Å². The van der Waals surface area contributed by atoms with Crippen LogP contribution in [-0.2, 0) is 4.79 Å². The third-order valence-corrected chi connectivity index (χ3v) is 1.14. The Morgan fingerprint density at radius 3 is 2.91 bits per heavy atom. The van der Waals surface area contributed by atoms with E-state index in [1.165, 1.54) is 0 Å². The van der Waals surface area contributed by atoms with Crippen LogP contribution in [0.4, 0.5) is 0 Å². The fraction of sp³-hybridized carbons (Fsp3) is 0.667. The van der Waals surface area contributed by atoms with Gasteiger partial charge in [0.05, 0.1) is 19.0 Å². The number of nitrogens with zero attached hydrogens (tertiary/aromatic N) is 1. The van der Waals surface area contributed by atoms with Gasteiger partial charge in [0, 0.05) is 0 Å².